The standard InChI is InChI=1S/C15H22N2O2/c1-11(2)12-5-7-13(8-6-12)16-15(19)17-9-3-4-14(17)10-18/h5-8,11,14,18H,3-4,9-10H2,1-2H3,(H,16,19)/t14-/m0/s1. The Morgan fingerprint density at radius 1 is 1.42 bits per heavy atom. The fourth-order valence-electron chi connectivity index (χ4n) is 2.44. The summed E-state index contributed by atoms with van der Waals surface area (Å²) in [5.41, 5.74) is 2.06. The van der Waals surface area contributed by atoms with Crippen LogP contribution in [0.5, 0.6) is 0 Å². The highest BCUT2D eigenvalue weighted by atomic mass is 16.3. The number of carbonyl (C=O) groups excluding carboxylic acids is 1. The highest BCUT2D eigenvalue weighted by molar-refractivity contribution is 5.89. The van der Waals surface area contributed by atoms with Crippen molar-refractivity contribution >= 4 is 11.7 Å². The van der Waals surface area contributed by atoms with Crippen molar-refractivity contribution < 1.29 is 9.90 Å². The Balaban J connectivity index is 1.98. The molecule has 104 valence electrons. The smallest absolute Gasteiger partial charge is 0.322 e. The zero-order chi connectivity index (χ0) is 13.8. The van der Waals surface area contributed by atoms with Gasteiger partial charge in [-0.25, -0.2) is 4.79 Å². The molecule has 0 bridgehead atoms. The van der Waals surface area contributed by atoms with E-state index in [0.717, 1.165) is 25.1 Å². The molecule has 2 amide bonds. The van der Waals surface area contributed by atoms with Gasteiger partial charge in [0.05, 0.1) is 12.6 Å². The van der Waals surface area contributed by atoms with Gasteiger partial charge >= 0.3 is 6.03 Å². The molecule has 19 heavy (non-hydrogen) atoms. The molecule has 0 aliphatic carbocycles. The largest absolute Gasteiger partial charge is 0.394 e. The molecule has 4 heteroatoms. The van der Waals surface area contributed by atoms with Gasteiger partial charge in [0.25, 0.3) is 0 Å². The van der Waals surface area contributed by atoms with Crippen molar-refractivity contribution in [3.05, 3.63) is 29.8 Å². The Hall–Kier alpha value is -1.55. The number of hydrogen-bond donors (Lipinski definition) is 2. The minimum atomic E-state index is -0.117. The number of hydrogen-bond acceptors (Lipinski definition) is 2. The molecular weight excluding hydrogens is 240 g/mol. The first-order valence-electron chi connectivity index (χ1n) is 6.90. The first kappa shape index (κ1) is 13.9. The van der Waals surface area contributed by atoms with Crippen molar-refractivity contribution in [2.75, 3.05) is 18.5 Å². The number of anilines is 1. The number of nitrogens with zero attached hydrogens (tertiary/aromatic N) is 1. The van der Waals surface area contributed by atoms with Crippen LogP contribution in [-0.4, -0.2) is 35.2 Å². The maximum atomic E-state index is 12.1. The van der Waals surface area contributed by atoms with Crippen LogP contribution in [0, 0.1) is 0 Å². The van der Waals surface area contributed by atoms with E-state index in [-0.39, 0.29) is 18.7 Å². The molecule has 0 radical (unpaired) electrons. The number of amides is 2. The van der Waals surface area contributed by atoms with Crippen molar-refractivity contribution in [1.29, 1.82) is 0 Å². The number of benzene rings is 1. The minimum absolute atomic E-state index is 0.0325. The summed E-state index contributed by atoms with van der Waals surface area (Å²) in [5, 5.41) is 12.1. The van der Waals surface area contributed by atoms with Gasteiger partial charge in [0.2, 0.25) is 0 Å². The Bertz CT molecular complexity index is 428. The lowest BCUT2D eigenvalue weighted by atomic mass is 10.0. The van der Waals surface area contributed by atoms with Gasteiger partial charge in [-0.15, -0.1) is 0 Å². The lowest BCUT2D eigenvalue weighted by Gasteiger charge is -2.23. The molecule has 1 fully saturated rings. The fraction of sp³-hybridized carbons (Fsp3) is 0.533. The van der Waals surface area contributed by atoms with E-state index in [1.165, 1.54) is 5.56 Å². The summed E-state index contributed by atoms with van der Waals surface area (Å²) in [6.07, 6.45) is 1.85. The third-order valence-electron chi connectivity index (χ3n) is 3.68. The molecule has 1 aromatic carbocycles. The van der Waals surface area contributed by atoms with Gasteiger partial charge in [0, 0.05) is 12.2 Å². The van der Waals surface area contributed by atoms with E-state index in [9.17, 15) is 9.90 Å². The zero-order valence-corrected chi connectivity index (χ0v) is 11.6. The first-order valence-corrected chi connectivity index (χ1v) is 6.90. The molecule has 0 unspecified atom stereocenters. The fourth-order valence-corrected chi connectivity index (χ4v) is 2.44. The van der Waals surface area contributed by atoms with Crippen LogP contribution in [0.1, 0.15) is 38.2 Å². The summed E-state index contributed by atoms with van der Waals surface area (Å²) in [6, 6.07) is 7.78. The molecule has 0 spiro atoms. The van der Waals surface area contributed by atoms with Crippen LogP contribution in [0.3, 0.4) is 0 Å². The van der Waals surface area contributed by atoms with Crippen molar-refractivity contribution in [3.63, 3.8) is 0 Å². The number of urea groups is 1. The summed E-state index contributed by atoms with van der Waals surface area (Å²) in [5.74, 6) is 0.488. The molecule has 2 rings (SSSR count). The first-order chi connectivity index (χ1) is 9.11. The summed E-state index contributed by atoms with van der Waals surface area (Å²) in [6.45, 7) is 5.05. The molecule has 0 aromatic heterocycles. The highest BCUT2D eigenvalue weighted by Crippen LogP contribution is 2.20. The molecule has 1 aliphatic heterocycles. The second-order valence-corrected chi connectivity index (χ2v) is 5.38. The van der Waals surface area contributed by atoms with Gasteiger partial charge in [-0.2, -0.15) is 0 Å². The van der Waals surface area contributed by atoms with Gasteiger partial charge in [-0.1, -0.05) is 26.0 Å². The average molecular weight is 262 g/mol. The third kappa shape index (κ3) is 3.26. The van der Waals surface area contributed by atoms with Crippen LogP contribution in [0.15, 0.2) is 24.3 Å². The highest BCUT2D eigenvalue weighted by Gasteiger charge is 2.27. The van der Waals surface area contributed by atoms with Crippen LogP contribution in [0.25, 0.3) is 0 Å². The topological polar surface area (TPSA) is 52.6 Å². The SMILES string of the molecule is CC(C)c1ccc(NC(=O)N2CCC[C@H]2CO)cc1. The summed E-state index contributed by atoms with van der Waals surface area (Å²) < 4.78 is 0. The predicted molar refractivity (Wildman–Crippen MR) is 76.4 cm³/mol. The van der Waals surface area contributed by atoms with Gasteiger partial charge in [-0.05, 0) is 36.5 Å². The van der Waals surface area contributed by atoms with E-state index in [2.05, 4.69) is 19.2 Å². The molecule has 1 atom stereocenters. The van der Waals surface area contributed by atoms with Gasteiger partial charge in [0.15, 0.2) is 0 Å². The molecule has 0 saturated carbocycles. The number of aliphatic hydroxyl groups excluding tert-OH is 1. The zero-order valence-electron chi connectivity index (χ0n) is 11.6. The predicted octanol–water partition coefficient (Wildman–Crippen LogP) is 2.80. The van der Waals surface area contributed by atoms with E-state index < -0.39 is 0 Å². The van der Waals surface area contributed by atoms with Crippen LogP contribution in [-0.2, 0) is 0 Å². The van der Waals surface area contributed by atoms with Crippen molar-refractivity contribution in [2.45, 2.75) is 38.6 Å². The normalized spacial score (nSPS) is 18.9. The second-order valence-electron chi connectivity index (χ2n) is 5.38. The number of rotatable bonds is 3. The van der Waals surface area contributed by atoms with Gasteiger partial charge in [-0.3, -0.25) is 0 Å². The minimum Gasteiger partial charge on any atom is -0.394 e. The maximum absolute atomic E-state index is 12.1. The van der Waals surface area contributed by atoms with Crippen LogP contribution in [0.4, 0.5) is 10.5 Å². The quantitative estimate of drug-likeness (QED) is 0.880. The lowest BCUT2D eigenvalue weighted by Crippen LogP contribution is -2.40. The number of carbonyl (C=O) groups is 1. The van der Waals surface area contributed by atoms with Crippen molar-refractivity contribution in [3.8, 4) is 0 Å². The average Bonchev–Trinajstić information content (AvgIpc) is 2.87. The molecule has 1 aliphatic rings. The summed E-state index contributed by atoms with van der Waals surface area (Å²) in [4.78, 5) is 13.8. The molecule has 1 saturated heterocycles. The Morgan fingerprint density at radius 2 is 2.11 bits per heavy atom. The Morgan fingerprint density at radius 3 is 2.68 bits per heavy atom. The monoisotopic (exact) mass is 262 g/mol. The van der Waals surface area contributed by atoms with Gasteiger partial charge < -0.3 is 15.3 Å². The second kappa shape index (κ2) is 6.06. The molecular formula is C15H22N2O2. The van der Waals surface area contributed by atoms with E-state index in [0.29, 0.717) is 5.92 Å². The number of aliphatic hydroxyl groups is 1. The van der Waals surface area contributed by atoms with E-state index in [1.54, 1.807) is 4.90 Å². The Kier molecular flexibility index (Phi) is 4.43. The number of nitrogens with one attached hydrogen (secondary N) is 1. The van der Waals surface area contributed by atoms with Crippen LogP contribution in [0.2, 0.25) is 0 Å². The van der Waals surface area contributed by atoms with E-state index in [4.69, 9.17) is 0 Å². The molecule has 1 heterocycles. The molecule has 4 nitrogen and oxygen atoms in total. The number of likely N-dealkylation sites (tertiary alicyclic amines) is 1. The Labute approximate surface area is 114 Å². The van der Waals surface area contributed by atoms with Crippen molar-refractivity contribution in [1.82, 2.24) is 4.90 Å². The summed E-state index contributed by atoms with van der Waals surface area (Å²) >= 11 is 0. The summed E-state index contributed by atoms with van der Waals surface area (Å²) in [7, 11) is 0. The van der Waals surface area contributed by atoms with Gasteiger partial charge in [0.1, 0.15) is 0 Å². The van der Waals surface area contributed by atoms with Crippen LogP contribution >= 0.6 is 0 Å². The molecule has 2 N–H and O–H groups in total. The van der Waals surface area contributed by atoms with Crippen molar-refractivity contribution in [2.24, 2.45) is 0 Å². The van der Waals surface area contributed by atoms with Crippen LogP contribution < -0.4 is 5.32 Å². The maximum Gasteiger partial charge on any atom is 0.322 e. The lowest BCUT2D eigenvalue weighted by molar-refractivity contribution is 0.166. The third-order valence-corrected chi connectivity index (χ3v) is 3.68. The van der Waals surface area contributed by atoms with E-state index >= 15 is 0 Å². The van der Waals surface area contributed by atoms with E-state index in [1.807, 2.05) is 24.3 Å². The molecule has 1 aromatic rings.